The number of aromatic hydroxyl groups is 2. The van der Waals surface area contributed by atoms with E-state index in [0.717, 1.165) is 13.1 Å². The van der Waals surface area contributed by atoms with Crippen LogP contribution < -0.4 is 11.1 Å². The predicted molar refractivity (Wildman–Crippen MR) is 103 cm³/mol. The molecule has 1 aromatic carbocycles. The third-order valence-electron chi connectivity index (χ3n) is 4.82. The van der Waals surface area contributed by atoms with Crippen LogP contribution in [0, 0.1) is 0 Å². The number of nitrogens with one attached hydrogen (secondary N) is 1. The number of piperazine rings is 1. The molecule has 1 saturated heterocycles. The summed E-state index contributed by atoms with van der Waals surface area (Å²) in [6.07, 6.45) is 0.463. The second-order valence-electron chi connectivity index (χ2n) is 7.07. The number of phenols is 2. The van der Waals surface area contributed by atoms with Gasteiger partial charge in [-0.15, -0.1) is 0 Å². The van der Waals surface area contributed by atoms with E-state index in [-0.39, 0.29) is 49.0 Å². The summed E-state index contributed by atoms with van der Waals surface area (Å²) in [7, 11) is 1.98. The second kappa shape index (κ2) is 9.93. The average Bonchev–Trinajstić information content (AvgIpc) is 2.64. The van der Waals surface area contributed by atoms with Gasteiger partial charge >= 0.3 is 0 Å². The molecule has 28 heavy (non-hydrogen) atoms. The molecule has 0 aromatic heterocycles. The topological polar surface area (TPSA) is 136 Å². The summed E-state index contributed by atoms with van der Waals surface area (Å²) in [6.45, 7) is 2.64. The van der Waals surface area contributed by atoms with E-state index in [4.69, 9.17) is 5.73 Å². The monoisotopic (exact) mass is 392 g/mol. The zero-order chi connectivity index (χ0) is 20.7. The number of benzene rings is 1. The zero-order valence-corrected chi connectivity index (χ0v) is 16.1. The first-order valence-corrected chi connectivity index (χ1v) is 9.32. The van der Waals surface area contributed by atoms with Crippen LogP contribution in [0.25, 0.3) is 0 Å². The molecule has 9 heteroatoms. The fourth-order valence-electron chi connectivity index (χ4n) is 3.07. The Hall–Kier alpha value is -2.81. The Morgan fingerprint density at radius 3 is 2.43 bits per heavy atom. The number of carbonyl (C=O) groups is 3. The standard InChI is InChI=1S/C19H28N4O5/c1-22-8-10-23(11-9-22)19(28)15(5-6-17(20)26)21-18(27)7-3-13-2-4-14(24)12-16(13)25/h2,4,12,15,24-25H,3,5-11H2,1H3,(H2,20,26)(H,21,27)/t15-/m0/s1. The highest BCUT2D eigenvalue weighted by Gasteiger charge is 2.28. The van der Waals surface area contributed by atoms with Crippen LogP contribution in [0.15, 0.2) is 18.2 Å². The quantitative estimate of drug-likeness (QED) is 0.473. The van der Waals surface area contributed by atoms with E-state index in [1.807, 2.05) is 7.05 Å². The van der Waals surface area contributed by atoms with Gasteiger partial charge in [-0.3, -0.25) is 14.4 Å². The normalized spacial score (nSPS) is 15.8. The molecule has 1 aliphatic heterocycles. The molecule has 0 unspecified atom stereocenters. The van der Waals surface area contributed by atoms with Crippen LogP contribution in [-0.4, -0.2) is 77.0 Å². The van der Waals surface area contributed by atoms with Crippen molar-refractivity contribution in [3.8, 4) is 11.5 Å². The van der Waals surface area contributed by atoms with E-state index < -0.39 is 11.9 Å². The number of carbonyl (C=O) groups excluding carboxylic acids is 3. The van der Waals surface area contributed by atoms with Gasteiger partial charge in [-0.05, 0) is 31.5 Å². The summed E-state index contributed by atoms with van der Waals surface area (Å²) in [6, 6.07) is 3.37. The van der Waals surface area contributed by atoms with Crippen molar-refractivity contribution in [3.63, 3.8) is 0 Å². The second-order valence-corrected chi connectivity index (χ2v) is 7.07. The Labute approximate surface area is 164 Å². The van der Waals surface area contributed by atoms with Crippen molar-refractivity contribution in [2.75, 3.05) is 33.2 Å². The molecule has 5 N–H and O–H groups in total. The van der Waals surface area contributed by atoms with E-state index in [1.54, 1.807) is 4.90 Å². The van der Waals surface area contributed by atoms with Crippen LogP contribution in [0.5, 0.6) is 11.5 Å². The highest BCUT2D eigenvalue weighted by Crippen LogP contribution is 2.23. The first kappa shape index (κ1) is 21.5. The van der Waals surface area contributed by atoms with E-state index >= 15 is 0 Å². The number of aryl methyl sites for hydroxylation is 1. The van der Waals surface area contributed by atoms with E-state index in [9.17, 15) is 24.6 Å². The largest absolute Gasteiger partial charge is 0.508 e. The van der Waals surface area contributed by atoms with Crippen LogP contribution in [0.4, 0.5) is 0 Å². The maximum atomic E-state index is 12.8. The predicted octanol–water partition coefficient (Wildman–Crippen LogP) is -0.445. The van der Waals surface area contributed by atoms with Crippen LogP contribution in [0.1, 0.15) is 24.8 Å². The van der Waals surface area contributed by atoms with Crippen molar-refractivity contribution >= 4 is 17.7 Å². The number of rotatable bonds is 8. The van der Waals surface area contributed by atoms with Gasteiger partial charge in [0.15, 0.2) is 0 Å². The molecule has 0 aliphatic carbocycles. The van der Waals surface area contributed by atoms with Crippen molar-refractivity contribution in [2.45, 2.75) is 31.7 Å². The lowest BCUT2D eigenvalue weighted by Gasteiger charge is -2.34. The highest BCUT2D eigenvalue weighted by atomic mass is 16.3. The highest BCUT2D eigenvalue weighted by molar-refractivity contribution is 5.88. The molecule has 0 bridgehead atoms. The van der Waals surface area contributed by atoms with Crippen molar-refractivity contribution in [2.24, 2.45) is 5.73 Å². The minimum atomic E-state index is -0.808. The van der Waals surface area contributed by atoms with E-state index in [1.165, 1.54) is 18.2 Å². The van der Waals surface area contributed by atoms with Crippen molar-refractivity contribution in [1.82, 2.24) is 15.1 Å². The van der Waals surface area contributed by atoms with Gasteiger partial charge in [-0.2, -0.15) is 0 Å². The third-order valence-corrected chi connectivity index (χ3v) is 4.82. The molecule has 3 amide bonds. The summed E-state index contributed by atoms with van der Waals surface area (Å²) < 4.78 is 0. The average molecular weight is 392 g/mol. The Morgan fingerprint density at radius 2 is 1.82 bits per heavy atom. The molecule has 1 heterocycles. The molecule has 0 radical (unpaired) electrons. The Balaban J connectivity index is 1.95. The van der Waals surface area contributed by atoms with Gasteiger partial charge in [-0.1, -0.05) is 6.07 Å². The van der Waals surface area contributed by atoms with Crippen LogP contribution in [0.2, 0.25) is 0 Å². The Kier molecular flexibility index (Phi) is 7.62. The Bertz CT molecular complexity index is 716. The number of hydrogen-bond donors (Lipinski definition) is 4. The lowest BCUT2D eigenvalue weighted by atomic mass is 10.1. The van der Waals surface area contributed by atoms with Gasteiger partial charge in [0.2, 0.25) is 17.7 Å². The molecular formula is C19H28N4O5. The molecule has 1 atom stereocenters. The lowest BCUT2D eigenvalue weighted by molar-refractivity contribution is -0.138. The lowest BCUT2D eigenvalue weighted by Crippen LogP contribution is -2.54. The van der Waals surface area contributed by atoms with Gasteiger partial charge in [0.25, 0.3) is 0 Å². The zero-order valence-electron chi connectivity index (χ0n) is 16.1. The van der Waals surface area contributed by atoms with Crippen LogP contribution in [-0.2, 0) is 20.8 Å². The van der Waals surface area contributed by atoms with Gasteiger partial charge in [0.1, 0.15) is 17.5 Å². The molecule has 1 aliphatic rings. The van der Waals surface area contributed by atoms with Crippen LogP contribution in [0.3, 0.4) is 0 Å². The molecule has 1 aromatic rings. The maximum absolute atomic E-state index is 12.8. The minimum Gasteiger partial charge on any atom is -0.508 e. The molecule has 1 fully saturated rings. The molecular weight excluding hydrogens is 364 g/mol. The molecule has 2 rings (SSSR count). The van der Waals surface area contributed by atoms with Crippen molar-refractivity contribution < 1.29 is 24.6 Å². The number of phenolic OH excluding ortho intramolecular Hbond substituents is 2. The number of likely N-dealkylation sites (N-methyl/N-ethyl adjacent to an activating group) is 1. The number of nitrogens with zero attached hydrogens (tertiary/aromatic N) is 2. The summed E-state index contributed by atoms with van der Waals surface area (Å²) in [5.41, 5.74) is 5.72. The Morgan fingerprint density at radius 1 is 1.14 bits per heavy atom. The minimum absolute atomic E-state index is 0.00315. The number of amides is 3. The fraction of sp³-hybridized carbons (Fsp3) is 0.526. The summed E-state index contributed by atoms with van der Waals surface area (Å²) >= 11 is 0. The molecule has 9 nitrogen and oxygen atoms in total. The summed E-state index contributed by atoms with van der Waals surface area (Å²) in [4.78, 5) is 40.1. The first-order valence-electron chi connectivity index (χ1n) is 9.32. The van der Waals surface area contributed by atoms with Crippen LogP contribution >= 0.6 is 0 Å². The number of nitrogens with two attached hydrogens (primary N) is 1. The smallest absolute Gasteiger partial charge is 0.245 e. The number of hydrogen-bond acceptors (Lipinski definition) is 6. The van der Waals surface area contributed by atoms with E-state index in [0.29, 0.717) is 18.7 Å². The fourth-order valence-corrected chi connectivity index (χ4v) is 3.07. The number of primary amides is 1. The van der Waals surface area contributed by atoms with E-state index in [2.05, 4.69) is 10.2 Å². The van der Waals surface area contributed by atoms with Gasteiger partial charge in [-0.25, -0.2) is 0 Å². The van der Waals surface area contributed by atoms with Gasteiger partial charge < -0.3 is 31.1 Å². The molecule has 0 spiro atoms. The summed E-state index contributed by atoms with van der Waals surface area (Å²) in [5, 5.41) is 21.8. The first-order chi connectivity index (χ1) is 13.3. The SMILES string of the molecule is CN1CCN(C(=O)[C@H](CCC(N)=O)NC(=O)CCc2ccc(O)cc2O)CC1. The summed E-state index contributed by atoms with van der Waals surface area (Å²) in [5.74, 6) is -1.25. The van der Waals surface area contributed by atoms with Crippen molar-refractivity contribution in [1.29, 1.82) is 0 Å². The van der Waals surface area contributed by atoms with Gasteiger partial charge in [0.05, 0.1) is 0 Å². The maximum Gasteiger partial charge on any atom is 0.245 e. The molecule has 154 valence electrons. The molecule has 0 saturated carbocycles. The van der Waals surface area contributed by atoms with Gasteiger partial charge in [0, 0.05) is 45.1 Å². The van der Waals surface area contributed by atoms with Crippen molar-refractivity contribution in [3.05, 3.63) is 23.8 Å². The third kappa shape index (κ3) is 6.41.